The first-order chi connectivity index (χ1) is 20.6. The first kappa shape index (κ1) is 29.6. The van der Waals surface area contributed by atoms with Gasteiger partial charge in [0, 0.05) is 6.07 Å². The fourth-order valence-corrected chi connectivity index (χ4v) is 5.05. The van der Waals surface area contributed by atoms with Crippen LogP contribution in [0, 0.1) is 0 Å². The normalized spacial score (nSPS) is 31.8. The zero-order valence-electron chi connectivity index (χ0n) is 22.7. The van der Waals surface area contributed by atoms with Crippen molar-refractivity contribution in [3.05, 3.63) is 46.8 Å². The van der Waals surface area contributed by atoms with Gasteiger partial charge in [0.15, 0.2) is 29.3 Å². The molecule has 3 aliphatic heterocycles. The van der Waals surface area contributed by atoms with Crippen molar-refractivity contribution >= 4 is 11.0 Å². The van der Waals surface area contributed by atoms with Crippen LogP contribution < -0.4 is 24.4 Å². The standard InChI is InChI=1S/C28H30O15/c1-36-17-5-13-16(37-7-14(21(13)30)12-2-3-15-18(4-12)41-11-40-15)6-19(17)42-26-24(33)23(32)22(31)20(43-26)8-38-27-25(34)28(35,9-29)10-39-27/h2-7,20,22-27,29,31-35H,8-11H2,1H3/t20-,22-,23+,24-,25+,26+,27-,28-/m1/s1. The van der Waals surface area contributed by atoms with Crippen LogP contribution in [0.1, 0.15) is 0 Å². The van der Waals surface area contributed by atoms with E-state index in [9.17, 15) is 35.4 Å². The summed E-state index contributed by atoms with van der Waals surface area (Å²) in [7, 11) is 1.34. The van der Waals surface area contributed by atoms with E-state index in [1.807, 2.05) is 0 Å². The Morgan fingerprint density at radius 3 is 2.51 bits per heavy atom. The van der Waals surface area contributed by atoms with Crippen molar-refractivity contribution in [2.24, 2.45) is 0 Å². The van der Waals surface area contributed by atoms with Gasteiger partial charge in [-0.05, 0) is 23.8 Å². The molecular weight excluding hydrogens is 576 g/mol. The lowest BCUT2D eigenvalue weighted by molar-refractivity contribution is -0.289. The van der Waals surface area contributed by atoms with E-state index in [1.165, 1.54) is 25.5 Å². The van der Waals surface area contributed by atoms with Crippen LogP contribution in [-0.2, 0) is 14.2 Å². The van der Waals surface area contributed by atoms with Crippen LogP contribution >= 0.6 is 0 Å². The second-order valence-corrected chi connectivity index (χ2v) is 10.4. The van der Waals surface area contributed by atoms with Gasteiger partial charge in [0.2, 0.25) is 18.5 Å². The molecule has 6 rings (SSSR count). The largest absolute Gasteiger partial charge is 0.493 e. The maximum Gasteiger partial charge on any atom is 0.231 e. The van der Waals surface area contributed by atoms with Gasteiger partial charge in [0.05, 0.1) is 37.9 Å². The van der Waals surface area contributed by atoms with Crippen LogP contribution in [0.25, 0.3) is 22.1 Å². The van der Waals surface area contributed by atoms with Crippen molar-refractivity contribution in [2.75, 3.05) is 33.7 Å². The first-order valence-corrected chi connectivity index (χ1v) is 13.3. The molecule has 0 saturated carbocycles. The Balaban J connectivity index is 1.22. The summed E-state index contributed by atoms with van der Waals surface area (Å²) in [5, 5.41) is 61.4. The molecule has 2 fully saturated rings. The average Bonchev–Trinajstić information content (AvgIpc) is 3.60. The van der Waals surface area contributed by atoms with Crippen LogP contribution in [0.4, 0.5) is 0 Å². The third-order valence-corrected chi connectivity index (χ3v) is 7.66. The van der Waals surface area contributed by atoms with E-state index in [-0.39, 0.29) is 40.3 Å². The third kappa shape index (κ3) is 5.28. The van der Waals surface area contributed by atoms with E-state index in [0.717, 1.165) is 0 Å². The molecule has 2 aromatic carbocycles. The Hall–Kier alpha value is -3.51. The highest BCUT2D eigenvalue weighted by Crippen LogP contribution is 2.38. The Morgan fingerprint density at radius 1 is 0.977 bits per heavy atom. The molecule has 0 unspecified atom stereocenters. The van der Waals surface area contributed by atoms with Gasteiger partial charge < -0.3 is 68.2 Å². The van der Waals surface area contributed by atoms with Gasteiger partial charge in [-0.3, -0.25) is 4.79 Å². The monoisotopic (exact) mass is 606 g/mol. The number of ether oxygens (including phenoxy) is 7. The maximum absolute atomic E-state index is 13.4. The molecule has 232 valence electrons. The Kier molecular flexibility index (Phi) is 7.93. The lowest BCUT2D eigenvalue weighted by Crippen LogP contribution is -2.60. The van der Waals surface area contributed by atoms with E-state index in [2.05, 4.69) is 0 Å². The van der Waals surface area contributed by atoms with Crippen LogP contribution in [0.15, 0.2) is 45.8 Å². The molecule has 1 aromatic heterocycles. The summed E-state index contributed by atoms with van der Waals surface area (Å²) in [5.41, 5.74) is -1.35. The first-order valence-electron chi connectivity index (χ1n) is 13.3. The molecule has 0 aliphatic carbocycles. The number of benzene rings is 2. The highest BCUT2D eigenvalue weighted by atomic mass is 16.7. The number of fused-ring (bicyclic) bond motifs is 2. The molecule has 15 nitrogen and oxygen atoms in total. The second-order valence-electron chi connectivity index (χ2n) is 10.4. The molecule has 15 heteroatoms. The van der Waals surface area contributed by atoms with Gasteiger partial charge in [-0.25, -0.2) is 0 Å². The van der Waals surface area contributed by atoms with Crippen LogP contribution in [0.5, 0.6) is 23.0 Å². The summed E-state index contributed by atoms with van der Waals surface area (Å²) in [6.07, 6.45) is -9.58. The van der Waals surface area contributed by atoms with Crippen LogP contribution in [0.2, 0.25) is 0 Å². The minimum absolute atomic E-state index is 0.0103. The highest BCUT2D eigenvalue weighted by molar-refractivity contribution is 5.85. The predicted octanol–water partition coefficient (Wildman–Crippen LogP) is -1.16. The summed E-state index contributed by atoms with van der Waals surface area (Å²) >= 11 is 0. The van der Waals surface area contributed by atoms with E-state index < -0.39 is 68.5 Å². The van der Waals surface area contributed by atoms with Crippen molar-refractivity contribution in [3.8, 4) is 34.1 Å². The summed E-state index contributed by atoms with van der Waals surface area (Å²) in [6.45, 7) is -1.54. The number of hydrogen-bond donors (Lipinski definition) is 6. The molecule has 6 N–H and O–H groups in total. The van der Waals surface area contributed by atoms with Gasteiger partial charge in [-0.15, -0.1) is 0 Å². The fraction of sp³-hybridized carbons (Fsp3) is 0.464. The lowest BCUT2D eigenvalue weighted by Gasteiger charge is -2.40. The Labute approximate surface area is 242 Å². The fourth-order valence-electron chi connectivity index (χ4n) is 5.05. The molecule has 3 aliphatic rings. The zero-order chi connectivity index (χ0) is 30.5. The molecule has 0 amide bonds. The minimum atomic E-state index is -1.93. The average molecular weight is 607 g/mol. The van der Waals surface area contributed by atoms with Gasteiger partial charge >= 0.3 is 0 Å². The number of methoxy groups -OCH3 is 1. The molecule has 3 aromatic rings. The molecular formula is C28H30O15. The molecule has 2 saturated heterocycles. The Bertz CT molecular complexity index is 1540. The predicted molar refractivity (Wildman–Crippen MR) is 142 cm³/mol. The molecule has 43 heavy (non-hydrogen) atoms. The quantitative estimate of drug-likeness (QED) is 0.178. The van der Waals surface area contributed by atoms with Gasteiger partial charge in [-0.2, -0.15) is 0 Å². The molecule has 8 atom stereocenters. The molecule has 0 radical (unpaired) electrons. The SMILES string of the molecule is COc1cc2c(=O)c(-c3ccc4c(c3)OCO4)coc2cc1O[C@H]1O[C@H](CO[C@@H]2OC[C@](O)(CO)[C@H]2O)[C@@H](O)[C@H](O)[C@H]1O. The van der Waals surface area contributed by atoms with E-state index in [0.29, 0.717) is 17.1 Å². The summed E-state index contributed by atoms with van der Waals surface area (Å²) in [6, 6.07) is 7.82. The Morgan fingerprint density at radius 2 is 1.77 bits per heavy atom. The number of rotatable bonds is 8. The summed E-state index contributed by atoms with van der Waals surface area (Å²) in [5.74, 6) is 1.13. The summed E-state index contributed by atoms with van der Waals surface area (Å²) < 4.78 is 44.0. The van der Waals surface area contributed by atoms with Crippen molar-refractivity contribution in [2.45, 2.75) is 48.7 Å². The van der Waals surface area contributed by atoms with E-state index in [1.54, 1.807) is 18.2 Å². The van der Waals surface area contributed by atoms with E-state index >= 15 is 0 Å². The lowest BCUT2D eigenvalue weighted by atomic mass is 9.99. The molecule has 0 spiro atoms. The van der Waals surface area contributed by atoms with Gasteiger partial charge in [0.1, 0.15) is 48.0 Å². The number of hydrogen-bond acceptors (Lipinski definition) is 15. The van der Waals surface area contributed by atoms with Gasteiger partial charge in [0.25, 0.3) is 0 Å². The van der Waals surface area contributed by atoms with Crippen LogP contribution in [0.3, 0.4) is 0 Å². The second kappa shape index (κ2) is 11.5. The maximum atomic E-state index is 13.4. The van der Waals surface area contributed by atoms with Crippen molar-refractivity contribution < 1.29 is 68.2 Å². The van der Waals surface area contributed by atoms with Crippen molar-refractivity contribution in [1.29, 1.82) is 0 Å². The molecule has 4 heterocycles. The van der Waals surface area contributed by atoms with Gasteiger partial charge in [-0.1, -0.05) is 6.07 Å². The third-order valence-electron chi connectivity index (χ3n) is 7.66. The van der Waals surface area contributed by atoms with Crippen molar-refractivity contribution in [1.82, 2.24) is 0 Å². The van der Waals surface area contributed by atoms with Crippen LogP contribution in [-0.4, -0.2) is 113 Å². The number of aliphatic hydroxyl groups excluding tert-OH is 5. The van der Waals surface area contributed by atoms with Crippen molar-refractivity contribution in [3.63, 3.8) is 0 Å². The smallest absolute Gasteiger partial charge is 0.231 e. The van der Waals surface area contributed by atoms with E-state index in [4.69, 9.17) is 37.6 Å². The summed E-state index contributed by atoms with van der Waals surface area (Å²) in [4.78, 5) is 13.4. The molecule has 0 bridgehead atoms. The topological polar surface area (TPSA) is 216 Å². The zero-order valence-corrected chi connectivity index (χ0v) is 22.7. The minimum Gasteiger partial charge on any atom is -0.493 e. The highest BCUT2D eigenvalue weighted by Gasteiger charge is 2.50. The number of aliphatic hydroxyl groups is 6.